The lowest BCUT2D eigenvalue weighted by Gasteiger charge is -2.32. The molecule has 228 valence electrons. The van der Waals surface area contributed by atoms with E-state index in [9.17, 15) is 8.42 Å². The molecule has 1 heterocycles. The van der Waals surface area contributed by atoms with Crippen molar-refractivity contribution in [3.8, 4) is 0 Å². The third-order valence-electron chi connectivity index (χ3n) is 10.1. The fourth-order valence-electron chi connectivity index (χ4n) is 7.83. The molecule has 0 atom stereocenters. The van der Waals surface area contributed by atoms with Crippen LogP contribution in [0.4, 0.5) is 0 Å². The van der Waals surface area contributed by atoms with Crippen molar-refractivity contribution in [2.75, 3.05) is 19.8 Å². The smallest absolute Gasteiger partial charge is 0.297 e. The highest BCUT2D eigenvalue weighted by atomic mass is 32.2. The van der Waals surface area contributed by atoms with E-state index in [4.69, 9.17) is 13.7 Å². The zero-order valence-corrected chi connectivity index (χ0v) is 26.3. The fraction of sp³-hybridized carbons (Fsp3) is 0.714. The van der Waals surface area contributed by atoms with E-state index in [2.05, 4.69) is 12.1 Å². The summed E-state index contributed by atoms with van der Waals surface area (Å²) in [6.45, 7) is 4.96. The standard InChI is InChI=1S/C35H52O5S/c1-3-4-14-27(2)35(38-23-24-39-35)21-22-40-41(36,37)34-32(29-17-10-6-11-18-29)25-31(28-15-8-5-9-16-28)26-33(34)30-19-12-7-13-20-30/h3-4,14,25-26,28-30H,5-13,15-24H2,1-2H3. The summed E-state index contributed by atoms with van der Waals surface area (Å²) in [6.07, 6.45) is 24.0. The van der Waals surface area contributed by atoms with Crippen LogP contribution in [0, 0.1) is 0 Å². The first kappa shape index (κ1) is 31.0. The van der Waals surface area contributed by atoms with Gasteiger partial charge in [-0.2, -0.15) is 8.42 Å². The SMILES string of the molecule is CC=CC=C(C)C1(CCOS(=O)(=O)c2c(C3CCCCC3)cc(C3CCCCC3)cc2C2CCCCC2)OCCO1. The van der Waals surface area contributed by atoms with Crippen LogP contribution in [0.15, 0.2) is 40.8 Å². The second kappa shape index (κ2) is 14.3. The minimum absolute atomic E-state index is 0.0297. The minimum atomic E-state index is -3.97. The largest absolute Gasteiger partial charge is 0.344 e. The topological polar surface area (TPSA) is 61.8 Å². The van der Waals surface area contributed by atoms with Crippen LogP contribution in [-0.4, -0.2) is 34.0 Å². The molecule has 1 aromatic carbocycles. The van der Waals surface area contributed by atoms with Crippen molar-refractivity contribution >= 4 is 10.1 Å². The van der Waals surface area contributed by atoms with E-state index >= 15 is 0 Å². The molecule has 0 unspecified atom stereocenters. The Morgan fingerprint density at radius 2 is 1.32 bits per heavy atom. The first-order valence-electron chi connectivity index (χ1n) is 16.6. The predicted octanol–water partition coefficient (Wildman–Crippen LogP) is 9.19. The van der Waals surface area contributed by atoms with Gasteiger partial charge in [0.25, 0.3) is 10.1 Å². The fourth-order valence-corrected chi connectivity index (χ4v) is 9.28. The van der Waals surface area contributed by atoms with Gasteiger partial charge in [0, 0.05) is 6.42 Å². The van der Waals surface area contributed by atoms with Crippen LogP contribution in [0.1, 0.15) is 151 Å². The lowest BCUT2D eigenvalue weighted by atomic mass is 9.76. The van der Waals surface area contributed by atoms with E-state index < -0.39 is 15.9 Å². The molecule has 0 spiro atoms. The van der Waals surface area contributed by atoms with E-state index in [1.54, 1.807) is 0 Å². The van der Waals surface area contributed by atoms with Gasteiger partial charge in [-0.25, -0.2) is 0 Å². The number of ether oxygens (including phenoxy) is 2. The Bertz CT molecular complexity index is 1120. The Kier molecular flexibility index (Phi) is 10.8. The summed E-state index contributed by atoms with van der Waals surface area (Å²) >= 11 is 0. The molecule has 1 saturated heterocycles. The molecule has 41 heavy (non-hydrogen) atoms. The van der Waals surface area contributed by atoms with Gasteiger partial charge in [0.1, 0.15) is 4.90 Å². The number of rotatable bonds is 10. The van der Waals surface area contributed by atoms with Gasteiger partial charge in [0.05, 0.1) is 19.8 Å². The van der Waals surface area contributed by atoms with Crippen LogP contribution in [0.25, 0.3) is 0 Å². The molecule has 3 aliphatic carbocycles. The first-order chi connectivity index (χ1) is 19.9. The monoisotopic (exact) mass is 584 g/mol. The summed E-state index contributed by atoms with van der Waals surface area (Å²) in [6, 6.07) is 4.62. The van der Waals surface area contributed by atoms with Crippen molar-refractivity contribution in [1.29, 1.82) is 0 Å². The van der Waals surface area contributed by atoms with Gasteiger partial charge < -0.3 is 9.47 Å². The van der Waals surface area contributed by atoms with E-state index in [-0.39, 0.29) is 6.61 Å². The van der Waals surface area contributed by atoms with E-state index in [0.717, 1.165) is 42.4 Å². The van der Waals surface area contributed by atoms with E-state index in [1.165, 1.54) is 76.2 Å². The second-order valence-electron chi connectivity index (χ2n) is 12.9. The molecular weight excluding hydrogens is 532 g/mol. The first-order valence-corrected chi connectivity index (χ1v) is 18.0. The quantitative estimate of drug-likeness (QED) is 0.203. The van der Waals surface area contributed by atoms with Crippen molar-refractivity contribution in [1.82, 2.24) is 0 Å². The van der Waals surface area contributed by atoms with Crippen LogP contribution in [0.2, 0.25) is 0 Å². The number of benzene rings is 1. The number of hydrogen-bond donors (Lipinski definition) is 0. The van der Waals surface area contributed by atoms with Gasteiger partial charge >= 0.3 is 0 Å². The lowest BCUT2D eigenvalue weighted by molar-refractivity contribution is -0.135. The third kappa shape index (κ3) is 7.37. The Balaban J connectivity index is 1.50. The van der Waals surface area contributed by atoms with Crippen LogP contribution in [-0.2, 0) is 23.8 Å². The van der Waals surface area contributed by atoms with Crippen LogP contribution in [0.3, 0.4) is 0 Å². The van der Waals surface area contributed by atoms with Crippen LogP contribution < -0.4 is 0 Å². The van der Waals surface area contributed by atoms with E-state index in [0.29, 0.717) is 42.3 Å². The molecule has 1 aliphatic heterocycles. The van der Waals surface area contributed by atoms with Crippen molar-refractivity contribution in [3.63, 3.8) is 0 Å². The maximum atomic E-state index is 14.3. The highest BCUT2D eigenvalue weighted by molar-refractivity contribution is 7.86. The molecular formula is C35H52O5S. The molecule has 5 rings (SSSR count). The molecule has 0 bridgehead atoms. The third-order valence-corrected chi connectivity index (χ3v) is 11.6. The number of allylic oxidation sites excluding steroid dienone is 3. The average molecular weight is 585 g/mol. The van der Waals surface area contributed by atoms with Gasteiger partial charge in [0.15, 0.2) is 5.79 Å². The lowest BCUT2D eigenvalue weighted by Crippen LogP contribution is -2.33. The highest BCUT2D eigenvalue weighted by Gasteiger charge is 2.39. The minimum Gasteiger partial charge on any atom is -0.344 e. The van der Waals surface area contributed by atoms with Crippen molar-refractivity contribution in [2.45, 2.75) is 145 Å². The molecule has 0 aromatic heterocycles. The maximum absolute atomic E-state index is 14.3. The summed E-state index contributed by atoms with van der Waals surface area (Å²) in [5.41, 5.74) is 4.43. The Morgan fingerprint density at radius 3 is 1.80 bits per heavy atom. The molecule has 5 nitrogen and oxygen atoms in total. The maximum Gasteiger partial charge on any atom is 0.297 e. The van der Waals surface area contributed by atoms with Gasteiger partial charge in [-0.05, 0) is 92.4 Å². The summed E-state index contributed by atoms with van der Waals surface area (Å²) in [7, 11) is -3.97. The summed E-state index contributed by atoms with van der Waals surface area (Å²) in [5.74, 6) is 0.205. The zero-order chi connectivity index (χ0) is 28.7. The average Bonchev–Trinajstić information content (AvgIpc) is 3.50. The summed E-state index contributed by atoms with van der Waals surface area (Å²) < 4.78 is 46.7. The Morgan fingerprint density at radius 1 is 0.829 bits per heavy atom. The normalized spacial score (nSPS) is 23.9. The van der Waals surface area contributed by atoms with Crippen molar-refractivity contribution < 1.29 is 22.1 Å². The van der Waals surface area contributed by atoms with Gasteiger partial charge in [0.2, 0.25) is 0 Å². The molecule has 4 aliphatic rings. The predicted molar refractivity (Wildman–Crippen MR) is 165 cm³/mol. The molecule has 4 fully saturated rings. The number of hydrogen-bond acceptors (Lipinski definition) is 5. The molecule has 1 aromatic rings. The highest BCUT2D eigenvalue weighted by Crippen LogP contribution is 2.46. The van der Waals surface area contributed by atoms with Crippen molar-refractivity contribution in [2.24, 2.45) is 0 Å². The molecule has 0 N–H and O–H groups in total. The Labute approximate surface area is 249 Å². The van der Waals surface area contributed by atoms with Crippen LogP contribution in [0.5, 0.6) is 0 Å². The van der Waals surface area contributed by atoms with Crippen molar-refractivity contribution in [3.05, 3.63) is 52.6 Å². The summed E-state index contributed by atoms with van der Waals surface area (Å²) in [5, 5.41) is 0. The summed E-state index contributed by atoms with van der Waals surface area (Å²) in [4.78, 5) is 0.513. The molecule has 3 saturated carbocycles. The van der Waals surface area contributed by atoms with Gasteiger partial charge in [-0.3, -0.25) is 4.18 Å². The molecule has 0 amide bonds. The van der Waals surface area contributed by atoms with Crippen LogP contribution >= 0.6 is 0 Å². The second-order valence-corrected chi connectivity index (χ2v) is 14.4. The zero-order valence-electron chi connectivity index (χ0n) is 25.5. The Hall–Kier alpha value is -1.47. The van der Waals surface area contributed by atoms with E-state index in [1.807, 2.05) is 32.1 Å². The van der Waals surface area contributed by atoms with Gasteiger partial charge in [-0.1, -0.05) is 88.1 Å². The molecule has 0 radical (unpaired) electrons. The molecule has 6 heteroatoms. The van der Waals surface area contributed by atoms with Gasteiger partial charge in [-0.15, -0.1) is 0 Å².